The molecule has 0 fully saturated rings. The van der Waals surface area contributed by atoms with Gasteiger partial charge in [-0.15, -0.1) is 0 Å². The molecule has 17 heavy (non-hydrogen) atoms. The van der Waals surface area contributed by atoms with Crippen LogP contribution in [0.25, 0.3) is 0 Å². The Hall–Kier alpha value is -2.68. The molecule has 0 spiro atoms. The minimum atomic E-state index is 0.212. The van der Waals surface area contributed by atoms with Gasteiger partial charge in [-0.25, -0.2) is 9.97 Å². The molecule has 0 bridgehead atoms. The Morgan fingerprint density at radius 2 is 2.18 bits per heavy atom. The van der Waals surface area contributed by atoms with Crippen LogP contribution in [0, 0.1) is 11.3 Å². The molecule has 84 valence electrons. The molecule has 0 aliphatic carbocycles. The molecule has 2 aromatic rings. The average molecular weight is 226 g/mol. The van der Waals surface area contributed by atoms with E-state index in [2.05, 4.69) is 25.6 Å². The first-order valence-corrected chi connectivity index (χ1v) is 4.98. The Bertz CT molecular complexity index is 519. The standard InChI is InChI=1S/C11H10N6/c12-3-5-14-10-6-11(16-8-15-10)17-9-2-1-4-13-7-9/h1-2,4,6-8H,5H2,(H2,14,15,16,17). The van der Waals surface area contributed by atoms with Crippen LogP contribution in [0.1, 0.15) is 0 Å². The number of aromatic nitrogens is 3. The van der Waals surface area contributed by atoms with Crippen molar-refractivity contribution in [3.05, 3.63) is 36.9 Å². The predicted octanol–water partition coefficient (Wildman–Crippen LogP) is 1.55. The van der Waals surface area contributed by atoms with Gasteiger partial charge in [0.2, 0.25) is 0 Å². The molecule has 0 aliphatic heterocycles. The van der Waals surface area contributed by atoms with Crippen LogP contribution >= 0.6 is 0 Å². The molecule has 6 nitrogen and oxygen atoms in total. The van der Waals surface area contributed by atoms with Gasteiger partial charge in [-0.05, 0) is 12.1 Å². The molecule has 0 amide bonds. The summed E-state index contributed by atoms with van der Waals surface area (Å²) in [7, 11) is 0. The summed E-state index contributed by atoms with van der Waals surface area (Å²) >= 11 is 0. The topological polar surface area (TPSA) is 86.5 Å². The Labute approximate surface area is 98.4 Å². The largest absolute Gasteiger partial charge is 0.357 e. The lowest BCUT2D eigenvalue weighted by Crippen LogP contribution is -2.02. The van der Waals surface area contributed by atoms with E-state index in [0.717, 1.165) is 5.69 Å². The van der Waals surface area contributed by atoms with Crippen LogP contribution in [0.2, 0.25) is 0 Å². The molecule has 0 radical (unpaired) electrons. The number of nitriles is 1. The predicted molar refractivity (Wildman–Crippen MR) is 63.7 cm³/mol. The molecular formula is C11H10N6. The number of rotatable bonds is 4. The number of hydrogen-bond donors (Lipinski definition) is 2. The van der Waals surface area contributed by atoms with Gasteiger partial charge < -0.3 is 10.6 Å². The molecule has 0 saturated heterocycles. The molecule has 0 aromatic carbocycles. The summed E-state index contributed by atoms with van der Waals surface area (Å²) < 4.78 is 0. The van der Waals surface area contributed by atoms with Crippen molar-refractivity contribution in [2.75, 3.05) is 17.2 Å². The molecule has 2 N–H and O–H groups in total. The lowest BCUT2D eigenvalue weighted by molar-refractivity contribution is 1.14. The van der Waals surface area contributed by atoms with Gasteiger partial charge in [-0.1, -0.05) is 0 Å². The van der Waals surface area contributed by atoms with E-state index in [0.29, 0.717) is 11.6 Å². The SMILES string of the molecule is N#CCNc1cc(Nc2cccnc2)ncn1. The van der Waals surface area contributed by atoms with E-state index < -0.39 is 0 Å². The van der Waals surface area contributed by atoms with Gasteiger partial charge >= 0.3 is 0 Å². The van der Waals surface area contributed by atoms with Crippen LogP contribution in [0.5, 0.6) is 0 Å². The smallest absolute Gasteiger partial charge is 0.135 e. The van der Waals surface area contributed by atoms with Crippen molar-refractivity contribution in [2.45, 2.75) is 0 Å². The third kappa shape index (κ3) is 3.14. The summed E-state index contributed by atoms with van der Waals surface area (Å²) in [5, 5.41) is 14.4. The Morgan fingerprint density at radius 3 is 2.94 bits per heavy atom. The Balaban J connectivity index is 2.09. The summed E-state index contributed by atoms with van der Waals surface area (Å²) in [6.45, 7) is 0.212. The highest BCUT2D eigenvalue weighted by Gasteiger charge is 1.98. The molecule has 0 aliphatic rings. The maximum atomic E-state index is 8.45. The highest BCUT2D eigenvalue weighted by molar-refractivity contribution is 5.57. The lowest BCUT2D eigenvalue weighted by atomic mass is 10.4. The van der Waals surface area contributed by atoms with E-state index in [1.807, 2.05) is 18.2 Å². The number of anilines is 3. The van der Waals surface area contributed by atoms with Gasteiger partial charge in [0.05, 0.1) is 18.0 Å². The minimum Gasteiger partial charge on any atom is -0.357 e. The Kier molecular flexibility index (Phi) is 3.45. The van der Waals surface area contributed by atoms with Gasteiger partial charge in [0, 0.05) is 12.3 Å². The average Bonchev–Trinajstić information content (AvgIpc) is 2.38. The second kappa shape index (κ2) is 5.42. The van der Waals surface area contributed by atoms with Crippen molar-refractivity contribution in [3.8, 4) is 6.07 Å². The van der Waals surface area contributed by atoms with Crippen molar-refractivity contribution >= 4 is 17.3 Å². The minimum absolute atomic E-state index is 0.212. The maximum Gasteiger partial charge on any atom is 0.135 e. The molecule has 2 rings (SSSR count). The first-order chi connectivity index (χ1) is 8.38. The van der Waals surface area contributed by atoms with Gasteiger partial charge in [0.1, 0.15) is 24.5 Å². The fraction of sp³-hybridized carbons (Fsp3) is 0.0909. The van der Waals surface area contributed by atoms with Crippen molar-refractivity contribution in [1.29, 1.82) is 5.26 Å². The highest BCUT2D eigenvalue weighted by Crippen LogP contribution is 2.14. The molecule has 0 unspecified atom stereocenters. The van der Waals surface area contributed by atoms with Crippen molar-refractivity contribution in [1.82, 2.24) is 15.0 Å². The number of nitrogens with one attached hydrogen (secondary N) is 2. The summed E-state index contributed by atoms with van der Waals surface area (Å²) in [6, 6.07) is 7.43. The second-order valence-electron chi connectivity index (χ2n) is 3.17. The zero-order chi connectivity index (χ0) is 11.9. The van der Waals surface area contributed by atoms with Crippen molar-refractivity contribution in [3.63, 3.8) is 0 Å². The van der Waals surface area contributed by atoms with E-state index in [1.165, 1.54) is 6.33 Å². The van der Waals surface area contributed by atoms with Crippen LogP contribution in [-0.4, -0.2) is 21.5 Å². The summed E-state index contributed by atoms with van der Waals surface area (Å²) in [6.07, 6.45) is 4.83. The fourth-order valence-corrected chi connectivity index (χ4v) is 1.24. The first-order valence-electron chi connectivity index (χ1n) is 4.98. The molecular weight excluding hydrogens is 216 g/mol. The monoisotopic (exact) mass is 226 g/mol. The molecule has 6 heteroatoms. The summed E-state index contributed by atoms with van der Waals surface area (Å²) in [4.78, 5) is 12.0. The second-order valence-corrected chi connectivity index (χ2v) is 3.17. The maximum absolute atomic E-state index is 8.45. The fourth-order valence-electron chi connectivity index (χ4n) is 1.24. The quantitative estimate of drug-likeness (QED) is 0.769. The number of nitrogens with zero attached hydrogens (tertiary/aromatic N) is 4. The van der Waals surface area contributed by atoms with E-state index in [9.17, 15) is 0 Å². The van der Waals surface area contributed by atoms with Crippen LogP contribution in [0.15, 0.2) is 36.9 Å². The van der Waals surface area contributed by atoms with E-state index >= 15 is 0 Å². The van der Waals surface area contributed by atoms with Crippen LogP contribution < -0.4 is 10.6 Å². The third-order valence-corrected chi connectivity index (χ3v) is 1.95. The van der Waals surface area contributed by atoms with E-state index in [-0.39, 0.29) is 6.54 Å². The highest BCUT2D eigenvalue weighted by atomic mass is 15.1. The first kappa shape index (κ1) is 10.8. The van der Waals surface area contributed by atoms with E-state index in [4.69, 9.17) is 5.26 Å². The lowest BCUT2D eigenvalue weighted by Gasteiger charge is -2.06. The normalized spacial score (nSPS) is 9.35. The van der Waals surface area contributed by atoms with Crippen LogP contribution in [0.4, 0.5) is 17.3 Å². The van der Waals surface area contributed by atoms with Crippen LogP contribution in [0.3, 0.4) is 0 Å². The summed E-state index contributed by atoms with van der Waals surface area (Å²) in [5.74, 6) is 1.25. The Morgan fingerprint density at radius 1 is 1.29 bits per heavy atom. The summed E-state index contributed by atoms with van der Waals surface area (Å²) in [5.41, 5.74) is 0.845. The van der Waals surface area contributed by atoms with Gasteiger partial charge in [0.25, 0.3) is 0 Å². The molecule has 0 atom stereocenters. The van der Waals surface area contributed by atoms with Crippen molar-refractivity contribution in [2.24, 2.45) is 0 Å². The van der Waals surface area contributed by atoms with Gasteiger partial charge in [-0.3, -0.25) is 4.98 Å². The third-order valence-electron chi connectivity index (χ3n) is 1.95. The number of hydrogen-bond acceptors (Lipinski definition) is 6. The van der Waals surface area contributed by atoms with Crippen LogP contribution in [-0.2, 0) is 0 Å². The molecule has 2 aromatic heterocycles. The zero-order valence-electron chi connectivity index (χ0n) is 8.96. The van der Waals surface area contributed by atoms with Gasteiger partial charge in [0.15, 0.2) is 0 Å². The number of pyridine rings is 1. The van der Waals surface area contributed by atoms with Crippen molar-refractivity contribution < 1.29 is 0 Å². The van der Waals surface area contributed by atoms with Gasteiger partial charge in [-0.2, -0.15) is 5.26 Å². The molecule has 0 saturated carbocycles. The zero-order valence-corrected chi connectivity index (χ0v) is 8.96. The van der Waals surface area contributed by atoms with E-state index in [1.54, 1.807) is 18.5 Å². The molecule has 2 heterocycles.